The van der Waals surface area contributed by atoms with Gasteiger partial charge in [-0.25, -0.2) is 8.42 Å². The van der Waals surface area contributed by atoms with Crippen molar-refractivity contribution in [1.29, 1.82) is 0 Å². The maximum absolute atomic E-state index is 13.4. The van der Waals surface area contributed by atoms with Crippen LogP contribution in [0.3, 0.4) is 0 Å². The molecule has 2 saturated heterocycles. The van der Waals surface area contributed by atoms with Gasteiger partial charge in [-0.3, -0.25) is 0 Å². The van der Waals surface area contributed by atoms with Crippen molar-refractivity contribution < 1.29 is 22.6 Å². The quantitative estimate of drug-likeness (QED) is 0.726. The van der Waals surface area contributed by atoms with E-state index in [2.05, 4.69) is 5.32 Å². The molecule has 0 spiro atoms. The first-order valence-electron chi connectivity index (χ1n) is 10.8. The second kappa shape index (κ2) is 8.62. The van der Waals surface area contributed by atoms with Gasteiger partial charge in [0.25, 0.3) is 0 Å². The SMILES string of the molecule is O=S(=O)(c1ccc2c(c1)OC1CNCCC21)c1cccc(OCC2CCOCC2)c1Cl. The number of fused-ring (bicyclic) bond motifs is 3. The normalized spacial score (nSPS) is 23.6. The summed E-state index contributed by atoms with van der Waals surface area (Å²) in [5.74, 6) is 1.75. The van der Waals surface area contributed by atoms with E-state index in [1.807, 2.05) is 6.07 Å². The summed E-state index contributed by atoms with van der Waals surface area (Å²) >= 11 is 6.51. The number of halogens is 1. The molecule has 0 aromatic heterocycles. The number of ether oxygens (including phenoxy) is 3. The van der Waals surface area contributed by atoms with E-state index in [1.165, 1.54) is 6.07 Å². The monoisotopic (exact) mass is 463 g/mol. The van der Waals surface area contributed by atoms with Crippen LogP contribution in [0.2, 0.25) is 5.02 Å². The third-order valence-electron chi connectivity index (χ3n) is 6.43. The first kappa shape index (κ1) is 21.1. The number of benzene rings is 2. The van der Waals surface area contributed by atoms with Crippen molar-refractivity contribution in [1.82, 2.24) is 5.32 Å². The lowest BCUT2D eigenvalue weighted by Crippen LogP contribution is -2.39. The van der Waals surface area contributed by atoms with Crippen LogP contribution >= 0.6 is 11.6 Å². The van der Waals surface area contributed by atoms with Gasteiger partial charge in [-0.1, -0.05) is 23.7 Å². The molecular weight excluding hydrogens is 438 g/mol. The van der Waals surface area contributed by atoms with Crippen molar-refractivity contribution in [2.45, 2.75) is 41.1 Å². The van der Waals surface area contributed by atoms with Crippen molar-refractivity contribution in [2.75, 3.05) is 32.9 Å². The fourth-order valence-electron chi connectivity index (χ4n) is 4.62. The minimum atomic E-state index is -3.82. The largest absolute Gasteiger partial charge is 0.492 e. The Morgan fingerprint density at radius 1 is 1.13 bits per heavy atom. The topological polar surface area (TPSA) is 73.9 Å². The molecule has 8 heteroatoms. The molecule has 0 saturated carbocycles. The Labute approximate surface area is 187 Å². The minimum Gasteiger partial charge on any atom is -0.492 e. The average molecular weight is 464 g/mol. The van der Waals surface area contributed by atoms with Crippen LogP contribution in [0.25, 0.3) is 0 Å². The summed E-state index contributed by atoms with van der Waals surface area (Å²) in [5.41, 5.74) is 1.09. The van der Waals surface area contributed by atoms with Crippen LogP contribution in [0, 0.1) is 5.92 Å². The van der Waals surface area contributed by atoms with Gasteiger partial charge in [0.2, 0.25) is 9.84 Å². The van der Waals surface area contributed by atoms with E-state index in [0.717, 1.165) is 51.1 Å². The lowest BCUT2D eigenvalue weighted by atomic mass is 9.90. The van der Waals surface area contributed by atoms with Gasteiger partial charge in [0.15, 0.2) is 0 Å². The summed E-state index contributed by atoms with van der Waals surface area (Å²) in [4.78, 5) is 0.233. The van der Waals surface area contributed by atoms with Crippen LogP contribution in [0.15, 0.2) is 46.2 Å². The Kier molecular flexibility index (Phi) is 5.86. The highest BCUT2D eigenvalue weighted by molar-refractivity contribution is 7.91. The highest BCUT2D eigenvalue weighted by atomic mass is 35.5. The minimum absolute atomic E-state index is 0.0516. The van der Waals surface area contributed by atoms with Crippen molar-refractivity contribution in [2.24, 2.45) is 5.92 Å². The van der Waals surface area contributed by atoms with Gasteiger partial charge in [0.05, 0.1) is 16.4 Å². The molecule has 2 atom stereocenters. The maximum atomic E-state index is 13.4. The fourth-order valence-corrected chi connectivity index (χ4v) is 6.46. The zero-order valence-corrected chi connectivity index (χ0v) is 18.8. The molecule has 2 fully saturated rings. The first-order chi connectivity index (χ1) is 15.0. The molecule has 6 nitrogen and oxygen atoms in total. The molecule has 2 unspecified atom stereocenters. The van der Waals surface area contributed by atoms with E-state index in [0.29, 0.717) is 29.9 Å². The van der Waals surface area contributed by atoms with Crippen LogP contribution < -0.4 is 14.8 Å². The van der Waals surface area contributed by atoms with Crippen LogP contribution in [0.4, 0.5) is 0 Å². The van der Waals surface area contributed by atoms with Gasteiger partial charge >= 0.3 is 0 Å². The van der Waals surface area contributed by atoms with Gasteiger partial charge in [0.1, 0.15) is 22.6 Å². The number of piperidine rings is 1. The highest BCUT2D eigenvalue weighted by Gasteiger charge is 2.37. The Morgan fingerprint density at radius 3 is 2.81 bits per heavy atom. The summed E-state index contributed by atoms with van der Waals surface area (Å²) in [6.07, 6.45) is 2.92. The predicted molar refractivity (Wildman–Crippen MR) is 117 cm³/mol. The van der Waals surface area contributed by atoms with Gasteiger partial charge in [-0.2, -0.15) is 0 Å². The van der Waals surface area contributed by atoms with Gasteiger partial charge < -0.3 is 19.5 Å². The number of hydrogen-bond acceptors (Lipinski definition) is 6. The van der Waals surface area contributed by atoms with E-state index in [-0.39, 0.29) is 20.9 Å². The molecule has 0 aliphatic carbocycles. The first-order valence-corrected chi connectivity index (χ1v) is 12.7. The van der Waals surface area contributed by atoms with Crippen molar-refractivity contribution in [3.8, 4) is 11.5 Å². The van der Waals surface area contributed by atoms with Gasteiger partial charge in [-0.15, -0.1) is 0 Å². The van der Waals surface area contributed by atoms with Crippen molar-refractivity contribution in [3.05, 3.63) is 47.0 Å². The van der Waals surface area contributed by atoms with Crippen LogP contribution in [-0.4, -0.2) is 47.4 Å². The number of nitrogens with one attached hydrogen (secondary N) is 1. The summed E-state index contributed by atoms with van der Waals surface area (Å²) in [5, 5.41) is 3.45. The van der Waals surface area contributed by atoms with E-state index >= 15 is 0 Å². The van der Waals surface area contributed by atoms with Crippen LogP contribution in [-0.2, 0) is 14.6 Å². The molecule has 0 radical (unpaired) electrons. The second-order valence-corrected chi connectivity index (χ2v) is 10.7. The molecule has 3 aliphatic rings. The summed E-state index contributed by atoms with van der Waals surface area (Å²) in [6, 6.07) is 10.1. The van der Waals surface area contributed by atoms with E-state index in [1.54, 1.807) is 24.3 Å². The molecular formula is C23H26ClNO5S. The zero-order valence-electron chi connectivity index (χ0n) is 17.2. The molecule has 3 heterocycles. The lowest BCUT2D eigenvalue weighted by Gasteiger charge is -2.24. The Balaban J connectivity index is 1.40. The molecule has 5 rings (SSSR count). The van der Waals surface area contributed by atoms with E-state index in [4.69, 9.17) is 25.8 Å². The Hall–Kier alpha value is -1.80. The zero-order chi connectivity index (χ0) is 21.4. The third-order valence-corrected chi connectivity index (χ3v) is 8.73. The molecule has 3 aliphatic heterocycles. The molecule has 0 amide bonds. The van der Waals surface area contributed by atoms with Crippen molar-refractivity contribution >= 4 is 21.4 Å². The second-order valence-electron chi connectivity index (χ2n) is 8.39. The number of hydrogen-bond donors (Lipinski definition) is 1. The molecule has 0 bridgehead atoms. The third kappa shape index (κ3) is 4.04. The van der Waals surface area contributed by atoms with E-state index < -0.39 is 9.84 Å². The molecule has 166 valence electrons. The summed E-state index contributed by atoms with van der Waals surface area (Å²) < 4.78 is 44.1. The molecule has 1 N–H and O–H groups in total. The van der Waals surface area contributed by atoms with Gasteiger partial charge in [-0.05, 0) is 56.0 Å². The Bertz CT molecular complexity index is 1070. The molecule has 2 aromatic carbocycles. The molecule has 31 heavy (non-hydrogen) atoms. The Morgan fingerprint density at radius 2 is 1.97 bits per heavy atom. The number of rotatable bonds is 5. The van der Waals surface area contributed by atoms with E-state index in [9.17, 15) is 8.42 Å². The summed E-state index contributed by atoms with van der Waals surface area (Å²) in [6.45, 7) is 3.68. The molecule has 2 aromatic rings. The van der Waals surface area contributed by atoms with Crippen molar-refractivity contribution in [3.63, 3.8) is 0 Å². The lowest BCUT2D eigenvalue weighted by molar-refractivity contribution is 0.0497. The number of sulfone groups is 1. The smallest absolute Gasteiger partial charge is 0.208 e. The maximum Gasteiger partial charge on any atom is 0.208 e. The predicted octanol–water partition coefficient (Wildman–Crippen LogP) is 3.82. The average Bonchev–Trinajstić information content (AvgIpc) is 3.17. The van der Waals surface area contributed by atoms with Gasteiger partial charge in [0, 0.05) is 31.2 Å². The highest BCUT2D eigenvalue weighted by Crippen LogP contribution is 2.43. The van der Waals surface area contributed by atoms with Crippen LogP contribution in [0.5, 0.6) is 11.5 Å². The standard InChI is InChI=1S/C23H26ClNO5S/c24-23-19(29-14-15-7-10-28-11-8-15)2-1-3-22(23)31(26,27)16-4-5-17-18-6-9-25-13-21(18)30-20(17)12-16/h1-5,12,15,18,21,25H,6-11,13-14H2. The van der Waals surface area contributed by atoms with Crippen LogP contribution in [0.1, 0.15) is 30.7 Å². The fraction of sp³-hybridized carbons (Fsp3) is 0.478. The summed E-state index contributed by atoms with van der Waals surface area (Å²) in [7, 11) is -3.82.